The van der Waals surface area contributed by atoms with Gasteiger partial charge in [0.2, 0.25) is 5.91 Å². The van der Waals surface area contributed by atoms with Crippen LogP contribution in [0.15, 0.2) is 24.3 Å². The van der Waals surface area contributed by atoms with Crippen molar-refractivity contribution >= 4 is 23.5 Å². The normalized spacial score (nSPS) is 17.8. The fourth-order valence-electron chi connectivity index (χ4n) is 2.48. The van der Waals surface area contributed by atoms with Crippen molar-refractivity contribution in [3.05, 3.63) is 29.8 Å². The second kappa shape index (κ2) is 7.12. The molecule has 2 N–H and O–H groups in total. The van der Waals surface area contributed by atoms with Gasteiger partial charge >= 0.3 is 12.2 Å². The molecule has 0 aliphatic carbocycles. The standard InChI is InChI=1S/C16H18F3N3O3/c1-9(2)6-12-14(24)22(15(25)21-12)8-13(23)20-11-5-3-4-10(7-11)16(17,18)19/h3-5,7,9,12H,6,8H2,1-2H3,(H,20,23)(H,21,25)/t12-/m1/s1. The van der Waals surface area contributed by atoms with Crippen molar-refractivity contribution < 1.29 is 27.6 Å². The average molecular weight is 357 g/mol. The molecule has 0 radical (unpaired) electrons. The van der Waals surface area contributed by atoms with Gasteiger partial charge in [-0.25, -0.2) is 4.79 Å². The molecule has 136 valence electrons. The number of nitrogens with one attached hydrogen (secondary N) is 2. The Balaban J connectivity index is 2.01. The maximum absolute atomic E-state index is 12.7. The fraction of sp³-hybridized carbons (Fsp3) is 0.438. The van der Waals surface area contributed by atoms with Crippen LogP contribution in [-0.2, 0) is 15.8 Å². The van der Waals surface area contributed by atoms with Crippen molar-refractivity contribution in [1.29, 1.82) is 0 Å². The molecule has 4 amide bonds. The molecule has 1 aromatic carbocycles. The lowest BCUT2D eigenvalue weighted by atomic mass is 10.0. The van der Waals surface area contributed by atoms with Crippen LogP contribution >= 0.6 is 0 Å². The zero-order valence-electron chi connectivity index (χ0n) is 13.7. The molecule has 25 heavy (non-hydrogen) atoms. The molecule has 0 unspecified atom stereocenters. The predicted octanol–water partition coefficient (Wildman–Crippen LogP) is 2.61. The highest BCUT2D eigenvalue weighted by Gasteiger charge is 2.39. The average Bonchev–Trinajstić information content (AvgIpc) is 2.73. The minimum Gasteiger partial charge on any atom is -0.326 e. The first kappa shape index (κ1) is 18.8. The summed E-state index contributed by atoms with van der Waals surface area (Å²) >= 11 is 0. The Morgan fingerprint density at radius 3 is 2.60 bits per heavy atom. The Morgan fingerprint density at radius 2 is 2.00 bits per heavy atom. The minimum absolute atomic E-state index is 0.0643. The third-order valence-corrected chi connectivity index (χ3v) is 3.59. The molecule has 9 heteroatoms. The number of hydrogen-bond donors (Lipinski definition) is 2. The molecule has 2 rings (SSSR count). The van der Waals surface area contributed by atoms with E-state index in [0.717, 1.165) is 23.1 Å². The Morgan fingerprint density at radius 1 is 1.32 bits per heavy atom. The highest BCUT2D eigenvalue weighted by molar-refractivity contribution is 6.07. The number of halogens is 3. The van der Waals surface area contributed by atoms with Gasteiger partial charge in [-0.05, 0) is 30.5 Å². The van der Waals surface area contributed by atoms with Crippen molar-refractivity contribution in [3.8, 4) is 0 Å². The monoisotopic (exact) mass is 357 g/mol. The summed E-state index contributed by atoms with van der Waals surface area (Å²) < 4.78 is 38.0. The highest BCUT2D eigenvalue weighted by Crippen LogP contribution is 2.30. The van der Waals surface area contributed by atoms with Crippen molar-refractivity contribution in [2.75, 3.05) is 11.9 Å². The summed E-state index contributed by atoms with van der Waals surface area (Å²) in [6.45, 7) is 3.22. The predicted molar refractivity (Wildman–Crippen MR) is 83.6 cm³/mol. The lowest BCUT2D eigenvalue weighted by Crippen LogP contribution is -2.38. The molecule has 1 saturated heterocycles. The number of anilines is 1. The highest BCUT2D eigenvalue weighted by atomic mass is 19.4. The molecular formula is C16H18F3N3O3. The van der Waals surface area contributed by atoms with E-state index in [0.29, 0.717) is 6.42 Å². The van der Waals surface area contributed by atoms with Gasteiger partial charge in [-0.3, -0.25) is 14.5 Å². The third-order valence-electron chi connectivity index (χ3n) is 3.59. The summed E-state index contributed by atoms with van der Waals surface area (Å²) in [7, 11) is 0. The quantitative estimate of drug-likeness (QED) is 0.795. The van der Waals surface area contributed by atoms with Crippen molar-refractivity contribution in [2.45, 2.75) is 32.5 Å². The number of carbonyl (C=O) groups is 3. The first-order chi connectivity index (χ1) is 11.6. The van der Waals surface area contributed by atoms with Crippen molar-refractivity contribution in [3.63, 3.8) is 0 Å². The SMILES string of the molecule is CC(C)C[C@H]1NC(=O)N(CC(=O)Nc2cccc(C(F)(F)F)c2)C1=O. The molecule has 1 heterocycles. The number of rotatable bonds is 5. The molecule has 1 aliphatic heterocycles. The first-order valence-corrected chi connectivity index (χ1v) is 7.67. The van der Waals surface area contributed by atoms with E-state index in [4.69, 9.17) is 0 Å². The minimum atomic E-state index is -4.53. The number of carbonyl (C=O) groups excluding carboxylic acids is 3. The van der Waals surface area contributed by atoms with Crippen LogP contribution in [0.1, 0.15) is 25.8 Å². The van der Waals surface area contributed by atoms with E-state index >= 15 is 0 Å². The van der Waals surface area contributed by atoms with Crippen LogP contribution in [0.4, 0.5) is 23.7 Å². The summed E-state index contributed by atoms with van der Waals surface area (Å²) in [4.78, 5) is 36.7. The Hall–Kier alpha value is -2.58. The lowest BCUT2D eigenvalue weighted by Gasteiger charge is -2.14. The number of urea groups is 1. The second-order valence-electron chi connectivity index (χ2n) is 6.18. The Bertz CT molecular complexity index is 689. The fourth-order valence-corrected chi connectivity index (χ4v) is 2.48. The summed E-state index contributed by atoms with van der Waals surface area (Å²) in [6, 6.07) is 2.74. The van der Waals surface area contributed by atoms with Gasteiger partial charge in [0, 0.05) is 5.69 Å². The summed E-state index contributed by atoms with van der Waals surface area (Å²) in [5.74, 6) is -1.10. The lowest BCUT2D eigenvalue weighted by molar-refractivity contribution is -0.137. The van der Waals surface area contributed by atoms with Gasteiger partial charge in [0.15, 0.2) is 0 Å². The van der Waals surface area contributed by atoms with Crippen LogP contribution in [0.3, 0.4) is 0 Å². The van der Waals surface area contributed by atoms with Crippen molar-refractivity contribution in [2.24, 2.45) is 5.92 Å². The number of nitrogens with zero attached hydrogens (tertiary/aromatic N) is 1. The van der Waals surface area contributed by atoms with Crippen LogP contribution < -0.4 is 10.6 Å². The van der Waals surface area contributed by atoms with E-state index in [1.54, 1.807) is 0 Å². The van der Waals surface area contributed by atoms with Gasteiger partial charge in [-0.2, -0.15) is 13.2 Å². The third kappa shape index (κ3) is 4.71. The molecule has 0 bridgehead atoms. The molecule has 1 atom stereocenters. The summed E-state index contributed by atoms with van der Waals surface area (Å²) in [6.07, 6.45) is -4.09. The number of hydrogen-bond acceptors (Lipinski definition) is 3. The van der Waals surface area contributed by atoms with E-state index < -0.39 is 42.2 Å². The maximum atomic E-state index is 12.7. The molecule has 1 aliphatic rings. The van der Waals surface area contributed by atoms with E-state index in [1.165, 1.54) is 6.07 Å². The number of alkyl halides is 3. The van der Waals surface area contributed by atoms with Gasteiger partial charge in [-0.1, -0.05) is 19.9 Å². The Labute approximate surface area is 142 Å². The van der Waals surface area contributed by atoms with E-state index in [9.17, 15) is 27.6 Å². The molecule has 0 saturated carbocycles. The topological polar surface area (TPSA) is 78.5 Å². The zero-order chi connectivity index (χ0) is 18.8. The summed E-state index contributed by atoms with van der Waals surface area (Å²) in [5, 5.41) is 4.76. The number of amides is 4. The van der Waals surface area contributed by atoms with E-state index in [2.05, 4.69) is 10.6 Å². The number of imide groups is 1. The van der Waals surface area contributed by atoms with Gasteiger partial charge in [0.25, 0.3) is 5.91 Å². The maximum Gasteiger partial charge on any atom is 0.416 e. The molecule has 0 aromatic heterocycles. The van der Waals surface area contributed by atoms with E-state index in [-0.39, 0.29) is 11.6 Å². The first-order valence-electron chi connectivity index (χ1n) is 7.67. The summed E-state index contributed by atoms with van der Waals surface area (Å²) in [5.41, 5.74) is -0.970. The largest absolute Gasteiger partial charge is 0.416 e. The molecule has 1 aromatic rings. The molecular weight excluding hydrogens is 339 g/mol. The zero-order valence-corrected chi connectivity index (χ0v) is 13.7. The van der Waals surface area contributed by atoms with Crippen molar-refractivity contribution in [1.82, 2.24) is 10.2 Å². The van der Waals surface area contributed by atoms with Gasteiger partial charge in [-0.15, -0.1) is 0 Å². The van der Waals surface area contributed by atoms with Crippen LogP contribution in [0, 0.1) is 5.92 Å². The second-order valence-corrected chi connectivity index (χ2v) is 6.18. The van der Waals surface area contributed by atoms with Gasteiger partial charge in [0.1, 0.15) is 12.6 Å². The molecule has 1 fully saturated rings. The smallest absolute Gasteiger partial charge is 0.326 e. The molecule has 0 spiro atoms. The molecule has 6 nitrogen and oxygen atoms in total. The van der Waals surface area contributed by atoms with Crippen LogP contribution in [-0.4, -0.2) is 35.3 Å². The van der Waals surface area contributed by atoms with Crippen LogP contribution in [0.5, 0.6) is 0 Å². The van der Waals surface area contributed by atoms with Crippen LogP contribution in [0.25, 0.3) is 0 Å². The number of benzene rings is 1. The van der Waals surface area contributed by atoms with Crippen LogP contribution in [0.2, 0.25) is 0 Å². The van der Waals surface area contributed by atoms with Gasteiger partial charge < -0.3 is 10.6 Å². The van der Waals surface area contributed by atoms with Gasteiger partial charge in [0.05, 0.1) is 5.56 Å². The van der Waals surface area contributed by atoms with E-state index in [1.807, 2.05) is 13.8 Å². The Kier molecular flexibility index (Phi) is 5.34.